The van der Waals surface area contributed by atoms with Crippen molar-refractivity contribution in [2.75, 3.05) is 19.6 Å². The van der Waals surface area contributed by atoms with Crippen molar-refractivity contribution >= 4 is 46.8 Å². The third-order valence-electron chi connectivity index (χ3n) is 5.44. The Morgan fingerprint density at radius 1 is 1.12 bits per heavy atom. The highest BCUT2D eigenvalue weighted by Crippen LogP contribution is 2.32. The summed E-state index contributed by atoms with van der Waals surface area (Å²) in [4.78, 5) is 68.5. The van der Waals surface area contributed by atoms with Crippen LogP contribution in [0.3, 0.4) is 0 Å². The van der Waals surface area contributed by atoms with E-state index in [-0.39, 0.29) is 18.0 Å². The molecule has 0 bridgehead atoms. The molecule has 1 unspecified atom stereocenters. The lowest BCUT2D eigenvalue weighted by Crippen LogP contribution is -2.44. The molecule has 1 aromatic carbocycles. The fourth-order valence-electron chi connectivity index (χ4n) is 3.62. The molecule has 0 spiro atoms. The molecule has 3 heterocycles. The predicted octanol–water partition coefficient (Wildman–Crippen LogP) is 1.70. The third kappa shape index (κ3) is 4.55. The summed E-state index contributed by atoms with van der Waals surface area (Å²) in [7, 11) is 0. The van der Waals surface area contributed by atoms with Crippen LogP contribution >= 0.6 is 11.8 Å². The van der Waals surface area contributed by atoms with Crippen LogP contribution in [0.5, 0.6) is 0 Å². The number of urea groups is 1. The molecule has 34 heavy (non-hydrogen) atoms. The van der Waals surface area contributed by atoms with Gasteiger partial charge in [-0.3, -0.25) is 34.0 Å². The van der Waals surface area contributed by atoms with Crippen LogP contribution in [0.1, 0.15) is 18.1 Å². The number of benzene rings is 1. The SMILES string of the molecule is CC1(c2ccccc2)NC(=O)N(CC(=O)NCCN2C(=O)S/C(=C\c3cccnc3)C2=O)C1=O. The molecular weight excluding hydrogens is 458 g/mol. The Bertz CT molecular complexity index is 1190. The highest BCUT2D eigenvalue weighted by Gasteiger charge is 2.49. The molecule has 4 rings (SSSR count). The Labute approximate surface area is 199 Å². The summed E-state index contributed by atoms with van der Waals surface area (Å²) in [6.45, 7) is 1.05. The van der Waals surface area contributed by atoms with Crippen LogP contribution in [-0.4, -0.2) is 63.4 Å². The van der Waals surface area contributed by atoms with Crippen molar-refractivity contribution in [1.29, 1.82) is 0 Å². The lowest BCUT2D eigenvalue weighted by molar-refractivity contribution is -0.134. The minimum atomic E-state index is -1.26. The minimum absolute atomic E-state index is 0.0172. The van der Waals surface area contributed by atoms with E-state index >= 15 is 0 Å². The molecule has 1 atom stereocenters. The first-order valence-electron chi connectivity index (χ1n) is 10.4. The molecule has 2 aliphatic heterocycles. The Hall–Kier alpha value is -3.99. The molecule has 2 aromatic rings. The zero-order valence-corrected chi connectivity index (χ0v) is 19.0. The quantitative estimate of drug-likeness (QED) is 0.457. The highest BCUT2D eigenvalue weighted by molar-refractivity contribution is 8.18. The Balaban J connectivity index is 1.31. The lowest BCUT2D eigenvalue weighted by Gasteiger charge is -2.22. The first-order valence-corrected chi connectivity index (χ1v) is 11.2. The van der Waals surface area contributed by atoms with Gasteiger partial charge in [0, 0.05) is 25.5 Å². The molecule has 0 saturated carbocycles. The highest BCUT2D eigenvalue weighted by atomic mass is 32.2. The minimum Gasteiger partial charge on any atom is -0.353 e. The van der Waals surface area contributed by atoms with Crippen LogP contribution in [0.25, 0.3) is 6.08 Å². The van der Waals surface area contributed by atoms with Crippen LogP contribution in [0.2, 0.25) is 0 Å². The number of amides is 6. The second kappa shape index (κ2) is 9.48. The second-order valence-electron chi connectivity index (χ2n) is 7.78. The normalized spacial score (nSPS) is 21.4. The Kier molecular flexibility index (Phi) is 6.46. The standard InChI is InChI=1S/C23H21N5O5S/c1-23(16-7-3-2-4-8-16)20(31)28(21(32)26-23)14-18(29)25-10-11-27-19(30)17(34-22(27)33)12-15-6-5-9-24-13-15/h2-9,12-13H,10-11,14H2,1H3,(H,25,29)(H,26,32)/b17-12-. The van der Waals surface area contributed by atoms with Gasteiger partial charge in [0.25, 0.3) is 17.1 Å². The number of hydrogen-bond acceptors (Lipinski definition) is 7. The Morgan fingerprint density at radius 2 is 1.88 bits per heavy atom. The van der Waals surface area contributed by atoms with E-state index in [2.05, 4.69) is 15.6 Å². The smallest absolute Gasteiger partial charge is 0.325 e. The largest absolute Gasteiger partial charge is 0.353 e. The van der Waals surface area contributed by atoms with Gasteiger partial charge in [0.2, 0.25) is 5.91 Å². The summed E-state index contributed by atoms with van der Waals surface area (Å²) in [6.07, 6.45) is 4.76. The molecule has 1 aromatic heterocycles. The van der Waals surface area contributed by atoms with Gasteiger partial charge in [0.15, 0.2) is 0 Å². The molecule has 6 amide bonds. The van der Waals surface area contributed by atoms with Crippen molar-refractivity contribution in [1.82, 2.24) is 25.4 Å². The summed E-state index contributed by atoms with van der Waals surface area (Å²) in [6, 6.07) is 11.6. The summed E-state index contributed by atoms with van der Waals surface area (Å²) in [5.74, 6) is -1.58. The molecule has 2 aliphatic rings. The molecule has 174 valence electrons. The number of pyridine rings is 1. The zero-order chi connectivity index (χ0) is 24.3. The van der Waals surface area contributed by atoms with Gasteiger partial charge >= 0.3 is 6.03 Å². The maximum absolute atomic E-state index is 12.9. The average Bonchev–Trinajstić information content (AvgIpc) is 3.22. The van der Waals surface area contributed by atoms with Gasteiger partial charge in [0.1, 0.15) is 12.1 Å². The van der Waals surface area contributed by atoms with Crippen molar-refractivity contribution in [3.05, 3.63) is 70.9 Å². The maximum atomic E-state index is 12.9. The van der Waals surface area contributed by atoms with E-state index in [1.54, 1.807) is 67.9 Å². The number of imide groups is 2. The van der Waals surface area contributed by atoms with Crippen molar-refractivity contribution in [3.63, 3.8) is 0 Å². The molecule has 0 aliphatic carbocycles. The van der Waals surface area contributed by atoms with Gasteiger partial charge in [-0.05, 0) is 42.0 Å². The van der Waals surface area contributed by atoms with E-state index in [0.29, 0.717) is 11.1 Å². The molecule has 0 radical (unpaired) electrons. The van der Waals surface area contributed by atoms with E-state index in [0.717, 1.165) is 21.6 Å². The molecule has 10 nitrogen and oxygen atoms in total. The first kappa shape index (κ1) is 23.2. The number of rotatable bonds is 7. The predicted molar refractivity (Wildman–Crippen MR) is 124 cm³/mol. The summed E-state index contributed by atoms with van der Waals surface area (Å²) >= 11 is 0.812. The molecule has 11 heteroatoms. The number of carbonyl (C=O) groups is 5. The fraction of sp³-hybridized carbons (Fsp3) is 0.217. The number of nitrogens with zero attached hydrogens (tertiary/aromatic N) is 3. The van der Waals surface area contributed by atoms with E-state index in [1.807, 2.05) is 0 Å². The van der Waals surface area contributed by atoms with Gasteiger partial charge < -0.3 is 10.6 Å². The Morgan fingerprint density at radius 3 is 2.59 bits per heavy atom. The summed E-state index contributed by atoms with van der Waals surface area (Å²) < 4.78 is 0. The van der Waals surface area contributed by atoms with Crippen LogP contribution < -0.4 is 10.6 Å². The summed E-state index contributed by atoms with van der Waals surface area (Å²) in [5.41, 5.74) is 0.0358. The van der Waals surface area contributed by atoms with E-state index < -0.39 is 41.1 Å². The van der Waals surface area contributed by atoms with Crippen LogP contribution in [0.15, 0.2) is 59.8 Å². The number of nitrogens with one attached hydrogen (secondary N) is 2. The number of carbonyl (C=O) groups excluding carboxylic acids is 5. The van der Waals surface area contributed by atoms with E-state index in [1.165, 1.54) is 0 Å². The molecule has 2 fully saturated rings. The van der Waals surface area contributed by atoms with Crippen LogP contribution in [0.4, 0.5) is 9.59 Å². The zero-order valence-electron chi connectivity index (χ0n) is 18.2. The third-order valence-corrected chi connectivity index (χ3v) is 6.35. The van der Waals surface area contributed by atoms with Crippen molar-refractivity contribution in [2.24, 2.45) is 0 Å². The van der Waals surface area contributed by atoms with Crippen molar-refractivity contribution in [2.45, 2.75) is 12.5 Å². The van der Waals surface area contributed by atoms with Gasteiger partial charge in [-0.15, -0.1) is 0 Å². The summed E-state index contributed by atoms with van der Waals surface area (Å²) in [5, 5.41) is 4.75. The van der Waals surface area contributed by atoms with Gasteiger partial charge in [-0.2, -0.15) is 0 Å². The van der Waals surface area contributed by atoms with Crippen molar-refractivity contribution < 1.29 is 24.0 Å². The number of aromatic nitrogens is 1. The topological polar surface area (TPSA) is 129 Å². The lowest BCUT2D eigenvalue weighted by atomic mass is 9.92. The molecule has 2 N–H and O–H groups in total. The van der Waals surface area contributed by atoms with Crippen LogP contribution in [0, 0.1) is 0 Å². The second-order valence-corrected chi connectivity index (χ2v) is 8.78. The molecular formula is C23H21N5O5S. The average molecular weight is 480 g/mol. The van der Waals surface area contributed by atoms with Gasteiger partial charge in [-0.25, -0.2) is 4.79 Å². The van der Waals surface area contributed by atoms with Crippen LogP contribution in [-0.2, 0) is 19.9 Å². The van der Waals surface area contributed by atoms with E-state index in [4.69, 9.17) is 0 Å². The van der Waals surface area contributed by atoms with E-state index in [9.17, 15) is 24.0 Å². The van der Waals surface area contributed by atoms with Crippen molar-refractivity contribution in [3.8, 4) is 0 Å². The first-order chi connectivity index (χ1) is 16.3. The number of hydrogen-bond donors (Lipinski definition) is 2. The molecule has 2 saturated heterocycles. The monoisotopic (exact) mass is 479 g/mol. The fourth-order valence-corrected chi connectivity index (χ4v) is 4.48. The number of thioether (sulfide) groups is 1. The van der Waals surface area contributed by atoms with Gasteiger partial charge in [-0.1, -0.05) is 36.4 Å². The van der Waals surface area contributed by atoms with Gasteiger partial charge in [0.05, 0.1) is 4.91 Å². The maximum Gasteiger partial charge on any atom is 0.325 e.